The zero-order chi connectivity index (χ0) is 16.3. The maximum Gasteiger partial charge on any atom is 0.311 e. The topological polar surface area (TPSA) is 98.0 Å². The summed E-state index contributed by atoms with van der Waals surface area (Å²) in [5.74, 6) is 2.50. The molecule has 0 heterocycles. The van der Waals surface area contributed by atoms with Gasteiger partial charge in [0, 0.05) is 0 Å². The molecule has 0 aliphatic heterocycles. The SMILES string of the molecule is O=C(O)C(CC(O)CC1CC2CC1C1C3C=CC(C3)C21)C(O)O. The van der Waals surface area contributed by atoms with Gasteiger partial charge in [0.15, 0.2) is 6.29 Å². The molecule has 0 aromatic carbocycles. The van der Waals surface area contributed by atoms with Gasteiger partial charge in [-0.05, 0) is 73.5 Å². The third kappa shape index (κ3) is 2.44. The van der Waals surface area contributed by atoms with Gasteiger partial charge in [-0.25, -0.2) is 0 Å². The van der Waals surface area contributed by atoms with E-state index in [1.807, 2.05) is 0 Å². The van der Waals surface area contributed by atoms with Gasteiger partial charge in [0.25, 0.3) is 0 Å². The summed E-state index contributed by atoms with van der Waals surface area (Å²) in [6.45, 7) is 0. The first-order chi connectivity index (χ1) is 11.0. The maximum absolute atomic E-state index is 11.0. The highest BCUT2D eigenvalue weighted by Gasteiger charge is 2.60. The molecule has 0 aromatic rings. The number of aliphatic hydroxyl groups excluding tert-OH is 2. The van der Waals surface area contributed by atoms with Crippen molar-refractivity contribution in [1.82, 2.24) is 0 Å². The van der Waals surface area contributed by atoms with E-state index in [0.717, 1.165) is 36.0 Å². The Morgan fingerprint density at radius 3 is 2.39 bits per heavy atom. The van der Waals surface area contributed by atoms with E-state index in [2.05, 4.69) is 12.2 Å². The van der Waals surface area contributed by atoms with Crippen molar-refractivity contribution in [3.05, 3.63) is 12.2 Å². The molecule has 9 atom stereocenters. The maximum atomic E-state index is 11.0. The number of carboxylic acids is 1. The summed E-state index contributed by atoms with van der Waals surface area (Å²) < 4.78 is 0. The van der Waals surface area contributed by atoms with Crippen molar-refractivity contribution in [2.45, 2.75) is 44.5 Å². The summed E-state index contributed by atoms with van der Waals surface area (Å²) in [7, 11) is 0. The highest BCUT2D eigenvalue weighted by molar-refractivity contribution is 5.70. The number of aliphatic carboxylic acids is 1. The molecule has 128 valence electrons. The lowest BCUT2D eigenvalue weighted by atomic mass is 9.68. The van der Waals surface area contributed by atoms with E-state index in [1.54, 1.807) is 0 Å². The lowest BCUT2D eigenvalue weighted by Gasteiger charge is -2.37. The standard InChI is InChI=1S/C18H26O5/c19-12(7-14(17(20)21)18(22)23)5-10-4-11-6-13(10)16-9-2-1-8(3-9)15(11)16/h1-2,8-17,19-21H,3-7H2,(H,22,23). The van der Waals surface area contributed by atoms with Crippen molar-refractivity contribution in [1.29, 1.82) is 0 Å². The fraction of sp³-hybridized carbons (Fsp3) is 0.833. The van der Waals surface area contributed by atoms with Crippen LogP contribution in [0.15, 0.2) is 12.2 Å². The number of allylic oxidation sites excluding steroid dienone is 2. The quantitative estimate of drug-likeness (QED) is 0.335. The van der Waals surface area contributed by atoms with Crippen LogP contribution < -0.4 is 0 Å². The number of hydrogen-bond donors (Lipinski definition) is 4. The molecule has 0 saturated heterocycles. The van der Waals surface area contributed by atoms with Gasteiger partial charge in [-0.15, -0.1) is 0 Å². The molecule has 4 N–H and O–H groups in total. The van der Waals surface area contributed by atoms with Crippen molar-refractivity contribution in [3.63, 3.8) is 0 Å². The van der Waals surface area contributed by atoms with E-state index >= 15 is 0 Å². The number of fused-ring (bicyclic) bond motifs is 9. The zero-order valence-corrected chi connectivity index (χ0v) is 13.2. The number of hydrogen-bond acceptors (Lipinski definition) is 4. The van der Waals surface area contributed by atoms with Crippen molar-refractivity contribution in [2.24, 2.45) is 47.3 Å². The van der Waals surface area contributed by atoms with Crippen molar-refractivity contribution < 1.29 is 25.2 Å². The smallest absolute Gasteiger partial charge is 0.311 e. The lowest BCUT2D eigenvalue weighted by molar-refractivity contribution is -0.161. The third-order valence-corrected chi connectivity index (χ3v) is 7.19. The first-order valence-corrected chi connectivity index (χ1v) is 8.91. The first kappa shape index (κ1) is 15.6. The number of carbonyl (C=O) groups is 1. The number of carboxylic acid groups (broad SMARTS) is 1. The molecule has 4 aliphatic carbocycles. The van der Waals surface area contributed by atoms with E-state index in [-0.39, 0.29) is 6.42 Å². The minimum Gasteiger partial charge on any atom is -0.481 e. The van der Waals surface area contributed by atoms with Crippen LogP contribution in [0.5, 0.6) is 0 Å². The largest absolute Gasteiger partial charge is 0.481 e. The Hall–Kier alpha value is -0.910. The molecule has 4 rings (SSSR count). The van der Waals surface area contributed by atoms with Crippen LogP contribution in [0.25, 0.3) is 0 Å². The summed E-state index contributed by atoms with van der Waals surface area (Å²) in [6.07, 6.45) is 6.38. The van der Waals surface area contributed by atoms with Crippen molar-refractivity contribution in [3.8, 4) is 0 Å². The lowest BCUT2D eigenvalue weighted by Crippen LogP contribution is -2.35. The minimum absolute atomic E-state index is 0.0824. The summed E-state index contributed by atoms with van der Waals surface area (Å²) in [5, 5.41) is 37.6. The third-order valence-electron chi connectivity index (χ3n) is 7.19. The summed E-state index contributed by atoms with van der Waals surface area (Å²) >= 11 is 0. The second-order valence-electron chi connectivity index (χ2n) is 8.24. The van der Waals surface area contributed by atoms with Gasteiger partial charge < -0.3 is 20.4 Å². The molecule has 5 heteroatoms. The summed E-state index contributed by atoms with van der Waals surface area (Å²) in [5.41, 5.74) is 0. The highest BCUT2D eigenvalue weighted by atomic mass is 16.5. The molecule has 3 saturated carbocycles. The fourth-order valence-corrected chi connectivity index (χ4v) is 6.51. The number of aliphatic hydroxyl groups is 3. The van der Waals surface area contributed by atoms with Crippen LogP contribution in [0.2, 0.25) is 0 Å². The highest BCUT2D eigenvalue weighted by Crippen LogP contribution is 2.67. The van der Waals surface area contributed by atoms with Crippen LogP contribution in [0.4, 0.5) is 0 Å². The summed E-state index contributed by atoms with van der Waals surface area (Å²) in [4.78, 5) is 11.0. The predicted octanol–water partition coefficient (Wildman–Crippen LogP) is 1.23. The molecular formula is C18H26O5. The normalized spacial score (nSPS) is 45.7. The Morgan fingerprint density at radius 2 is 1.74 bits per heavy atom. The van der Waals surface area contributed by atoms with Crippen LogP contribution in [-0.2, 0) is 4.79 Å². The molecule has 4 aliphatic rings. The van der Waals surface area contributed by atoms with Gasteiger partial charge in [0.05, 0.1) is 6.10 Å². The molecule has 0 aromatic heterocycles. The zero-order valence-electron chi connectivity index (χ0n) is 13.2. The second kappa shape index (κ2) is 5.57. The van der Waals surface area contributed by atoms with Crippen LogP contribution in [-0.4, -0.2) is 38.8 Å². The Labute approximate surface area is 136 Å². The predicted molar refractivity (Wildman–Crippen MR) is 82.0 cm³/mol. The average molecular weight is 322 g/mol. The van der Waals surface area contributed by atoms with Gasteiger partial charge in [0.1, 0.15) is 5.92 Å². The van der Waals surface area contributed by atoms with Gasteiger partial charge in [-0.3, -0.25) is 4.79 Å². The van der Waals surface area contributed by atoms with Crippen LogP contribution in [0, 0.1) is 47.3 Å². The van der Waals surface area contributed by atoms with Crippen LogP contribution in [0.3, 0.4) is 0 Å². The molecule has 0 spiro atoms. The van der Waals surface area contributed by atoms with E-state index in [1.165, 1.54) is 12.8 Å². The molecule has 0 amide bonds. The van der Waals surface area contributed by atoms with E-state index in [0.29, 0.717) is 18.3 Å². The van der Waals surface area contributed by atoms with Crippen LogP contribution in [0.1, 0.15) is 32.1 Å². The van der Waals surface area contributed by atoms with Gasteiger partial charge in [-0.1, -0.05) is 12.2 Å². The summed E-state index contributed by atoms with van der Waals surface area (Å²) in [6, 6.07) is 0. The Morgan fingerprint density at radius 1 is 1.04 bits per heavy atom. The molecule has 0 radical (unpaired) electrons. The minimum atomic E-state index is -1.91. The molecule has 4 bridgehead atoms. The Balaban J connectivity index is 1.38. The monoisotopic (exact) mass is 322 g/mol. The van der Waals surface area contributed by atoms with Crippen molar-refractivity contribution in [2.75, 3.05) is 0 Å². The van der Waals surface area contributed by atoms with Gasteiger partial charge >= 0.3 is 5.97 Å². The van der Waals surface area contributed by atoms with Crippen molar-refractivity contribution >= 4 is 5.97 Å². The van der Waals surface area contributed by atoms with Gasteiger partial charge in [0.2, 0.25) is 0 Å². The molecule has 5 nitrogen and oxygen atoms in total. The Bertz CT molecular complexity index is 516. The Kier molecular flexibility index (Phi) is 3.78. The molecule has 23 heavy (non-hydrogen) atoms. The molecule has 9 unspecified atom stereocenters. The second-order valence-corrected chi connectivity index (χ2v) is 8.24. The number of rotatable bonds is 6. The van der Waals surface area contributed by atoms with Crippen LogP contribution >= 0.6 is 0 Å². The molecular weight excluding hydrogens is 296 g/mol. The van der Waals surface area contributed by atoms with Gasteiger partial charge in [-0.2, -0.15) is 0 Å². The van der Waals surface area contributed by atoms with E-state index in [4.69, 9.17) is 15.3 Å². The molecule has 3 fully saturated rings. The van der Waals surface area contributed by atoms with E-state index < -0.39 is 24.3 Å². The van der Waals surface area contributed by atoms with E-state index in [9.17, 15) is 9.90 Å². The first-order valence-electron chi connectivity index (χ1n) is 8.91. The average Bonchev–Trinajstić information content (AvgIpc) is 3.21. The fourth-order valence-electron chi connectivity index (χ4n) is 6.51.